The molecule has 0 unspecified atom stereocenters. The van der Waals surface area contributed by atoms with Crippen LogP contribution in [0.1, 0.15) is 26.2 Å². The molecule has 0 aromatic heterocycles. The highest BCUT2D eigenvalue weighted by Crippen LogP contribution is 2.28. The van der Waals surface area contributed by atoms with Crippen LogP contribution in [0.5, 0.6) is 5.75 Å². The smallest absolute Gasteiger partial charge is 0.296 e. The van der Waals surface area contributed by atoms with Gasteiger partial charge in [0.25, 0.3) is 5.69 Å². The monoisotopic (exact) mass is 309 g/mol. The molecule has 0 fully saturated rings. The van der Waals surface area contributed by atoms with Crippen LogP contribution in [0.3, 0.4) is 0 Å². The van der Waals surface area contributed by atoms with Gasteiger partial charge < -0.3 is 15.0 Å². The molecular formula is C15H23N3O4. The largest absolute Gasteiger partial charge is 0.496 e. The number of anilines is 1. The number of ether oxygens (including phenoxy) is 1. The normalized spacial score (nSPS) is 10.5. The number of nitro groups is 1. The topological polar surface area (TPSA) is 84.7 Å². The number of carbonyl (C=O) groups is 1. The molecule has 0 radical (unpaired) electrons. The van der Waals surface area contributed by atoms with Gasteiger partial charge in [0.15, 0.2) is 0 Å². The van der Waals surface area contributed by atoms with Crippen LogP contribution in [-0.2, 0) is 4.79 Å². The quantitative estimate of drug-likeness (QED) is 0.560. The summed E-state index contributed by atoms with van der Waals surface area (Å²) in [6.07, 6.45) is 2.49. The second kappa shape index (κ2) is 8.99. The third kappa shape index (κ3) is 5.69. The summed E-state index contributed by atoms with van der Waals surface area (Å²) in [5, 5.41) is 13.6. The molecule has 22 heavy (non-hydrogen) atoms. The standard InChI is InChI=1S/C15H23N3O4/c1-4-5-9-17(2)10-8-15(19)16-13-7-6-12(22-3)11-14(13)18(20)21/h6-7,11H,4-5,8-10H2,1-3H3,(H,16,19). The zero-order chi connectivity index (χ0) is 16.5. The molecule has 1 aromatic rings. The van der Waals surface area contributed by atoms with Gasteiger partial charge in [-0.15, -0.1) is 0 Å². The molecular weight excluding hydrogens is 286 g/mol. The molecule has 0 aliphatic rings. The molecule has 1 amide bonds. The minimum absolute atomic E-state index is 0.174. The van der Waals surface area contributed by atoms with Crippen molar-refractivity contribution in [3.05, 3.63) is 28.3 Å². The molecule has 7 heteroatoms. The average Bonchev–Trinajstić information content (AvgIpc) is 2.51. The van der Waals surface area contributed by atoms with E-state index in [-0.39, 0.29) is 17.3 Å². The summed E-state index contributed by atoms with van der Waals surface area (Å²) in [5.74, 6) is 0.139. The number of carbonyl (C=O) groups excluding carboxylic acids is 1. The fourth-order valence-electron chi connectivity index (χ4n) is 1.94. The highest BCUT2D eigenvalue weighted by atomic mass is 16.6. The van der Waals surface area contributed by atoms with Crippen molar-refractivity contribution < 1.29 is 14.5 Å². The number of methoxy groups -OCH3 is 1. The van der Waals surface area contributed by atoms with Gasteiger partial charge in [0.05, 0.1) is 18.1 Å². The van der Waals surface area contributed by atoms with Crippen molar-refractivity contribution in [2.24, 2.45) is 0 Å². The zero-order valence-corrected chi connectivity index (χ0v) is 13.3. The van der Waals surface area contributed by atoms with E-state index in [2.05, 4.69) is 17.1 Å². The number of rotatable bonds is 9. The Morgan fingerprint density at radius 2 is 2.14 bits per heavy atom. The second-order valence-corrected chi connectivity index (χ2v) is 5.10. The molecule has 0 heterocycles. The van der Waals surface area contributed by atoms with Gasteiger partial charge in [0.1, 0.15) is 11.4 Å². The lowest BCUT2D eigenvalue weighted by molar-refractivity contribution is -0.384. The van der Waals surface area contributed by atoms with Gasteiger partial charge in [-0.1, -0.05) is 13.3 Å². The maximum absolute atomic E-state index is 11.9. The number of amides is 1. The first-order chi connectivity index (χ1) is 10.5. The number of nitro benzene ring substituents is 1. The van der Waals surface area contributed by atoms with Crippen LogP contribution in [0.25, 0.3) is 0 Å². The van der Waals surface area contributed by atoms with Gasteiger partial charge >= 0.3 is 0 Å². The van der Waals surface area contributed by atoms with Crippen molar-refractivity contribution >= 4 is 17.3 Å². The van der Waals surface area contributed by atoms with Crippen molar-refractivity contribution in [1.29, 1.82) is 0 Å². The van der Waals surface area contributed by atoms with Crippen molar-refractivity contribution in [2.75, 3.05) is 32.6 Å². The van der Waals surface area contributed by atoms with Gasteiger partial charge in [0.2, 0.25) is 5.91 Å². The maximum Gasteiger partial charge on any atom is 0.296 e. The first-order valence-corrected chi connectivity index (χ1v) is 7.28. The summed E-state index contributed by atoms with van der Waals surface area (Å²) in [7, 11) is 3.39. The van der Waals surface area contributed by atoms with E-state index in [9.17, 15) is 14.9 Å². The Labute approximate surface area is 130 Å². The van der Waals surface area contributed by atoms with Gasteiger partial charge in [-0.2, -0.15) is 0 Å². The van der Waals surface area contributed by atoms with E-state index in [1.54, 1.807) is 6.07 Å². The van der Waals surface area contributed by atoms with Crippen molar-refractivity contribution in [1.82, 2.24) is 4.90 Å². The second-order valence-electron chi connectivity index (χ2n) is 5.10. The molecule has 1 aromatic carbocycles. The first-order valence-electron chi connectivity index (χ1n) is 7.28. The predicted octanol–water partition coefficient (Wildman–Crippen LogP) is 2.66. The number of hydrogen-bond donors (Lipinski definition) is 1. The molecule has 1 N–H and O–H groups in total. The van der Waals surface area contributed by atoms with Gasteiger partial charge in [-0.25, -0.2) is 0 Å². The van der Waals surface area contributed by atoms with Gasteiger partial charge in [0, 0.05) is 13.0 Å². The summed E-state index contributed by atoms with van der Waals surface area (Å²) >= 11 is 0. The van der Waals surface area contributed by atoms with Crippen LogP contribution in [0, 0.1) is 10.1 Å². The van der Waals surface area contributed by atoms with E-state index in [1.165, 1.54) is 19.2 Å². The Hall–Kier alpha value is -2.15. The van der Waals surface area contributed by atoms with E-state index in [0.717, 1.165) is 19.4 Å². The highest BCUT2D eigenvalue weighted by molar-refractivity contribution is 5.93. The van der Waals surface area contributed by atoms with E-state index in [1.807, 2.05) is 7.05 Å². The molecule has 0 saturated carbocycles. The molecule has 7 nitrogen and oxygen atoms in total. The number of unbranched alkanes of at least 4 members (excludes halogenated alkanes) is 1. The van der Waals surface area contributed by atoms with Crippen molar-refractivity contribution in [3.63, 3.8) is 0 Å². The molecule has 0 aliphatic carbocycles. The third-order valence-corrected chi connectivity index (χ3v) is 3.29. The number of hydrogen-bond acceptors (Lipinski definition) is 5. The molecule has 0 aliphatic heterocycles. The lowest BCUT2D eigenvalue weighted by atomic mass is 10.2. The Morgan fingerprint density at radius 3 is 2.73 bits per heavy atom. The van der Waals surface area contributed by atoms with Crippen molar-refractivity contribution in [3.8, 4) is 5.75 Å². The van der Waals surface area contributed by atoms with E-state index in [0.29, 0.717) is 18.7 Å². The van der Waals surface area contributed by atoms with E-state index in [4.69, 9.17) is 4.74 Å². The third-order valence-electron chi connectivity index (χ3n) is 3.29. The number of nitrogens with one attached hydrogen (secondary N) is 1. The predicted molar refractivity (Wildman–Crippen MR) is 85.3 cm³/mol. The fraction of sp³-hybridized carbons (Fsp3) is 0.533. The Kier molecular flexibility index (Phi) is 7.31. The van der Waals surface area contributed by atoms with Crippen LogP contribution in [-0.4, -0.2) is 43.0 Å². The van der Waals surface area contributed by atoms with Crippen LogP contribution in [0.2, 0.25) is 0 Å². The molecule has 122 valence electrons. The maximum atomic E-state index is 11.9. The highest BCUT2D eigenvalue weighted by Gasteiger charge is 2.17. The lowest BCUT2D eigenvalue weighted by Gasteiger charge is -2.15. The number of benzene rings is 1. The minimum atomic E-state index is -0.536. The Balaban J connectivity index is 2.62. The fourth-order valence-corrected chi connectivity index (χ4v) is 1.94. The van der Waals surface area contributed by atoms with Crippen molar-refractivity contribution in [2.45, 2.75) is 26.2 Å². The van der Waals surface area contributed by atoms with Gasteiger partial charge in [-0.3, -0.25) is 14.9 Å². The summed E-state index contributed by atoms with van der Waals surface area (Å²) < 4.78 is 4.96. The van der Waals surface area contributed by atoms with Crippen LogP contribution < -0.4 is 10.1 Å². The SMILES string of the molecule is CCCCN(C)CCC(=O)Nc1ccc(OC)cc1[N+](=O)[O-]. The summed E-state index contributed by atoms with van der Waals surface area (Å²) in [6, 6.07) is 4.36. The van der Waals surface area contributed by atoms with Crippen LogP contribution >= 0.6 is 0 Å². The minimum Gasteiger partial charge on any atom is -0.496 e. The molecule has 1 rings (SSSR count). The molecule has 0 bridgehead atoms. The Bertz CT molecular complexity index is 520. The summed E-state index contributed by atoms with van der Waals surface area (Å²) in [4.78, 5) is 24.5. The lowest BCUT2D eigenvalue weighted by Crippen LogP contribution is -2.25. The van der Waals surface area contributed by atoms with E-state index >= 15 is 0 Å². The van der Waals surface area contributed by atoms with E-state index < -0.39 is 4.92 Å². The van der Waals surface area contributed by atoms with Crippen LogP contribution in [0.4, 0.5) is 11.4 Å². The summed E-state index contributed by atoms with van der Waals surface area (Å²) in [6.45, 7) is 3.67. The molecule has 0 spiro atoms. The zero-order valence-electron chi connectivity index (χ0n) is 13.3. The van der Waals surface area contributed by atoms with Gasteiger partial charge in [-0.05, 0) is 32.1 Å². The number of nitrogens with zero attached hydrogens (tertiary/aromatic N) is 2. The average molecular weight is 309 g/mol. The Morgan fingerprint density at radius 1 is 1.41 bits per heavy atom. The molecule has 0 saturated heterocycles. The van der Waals surface area contributed by atoms with Crippen LogP contribution in [0.15, 0.2) is 18.2 Å². The summed E-state index contributed by atoms with van der Waals surface area (Å²) in [5.41, 5.74) is 0.0130. The molecule has 0 atom stereocenters. The first kappa shape index (κ1) is 17.9.